The number of nitrogens with zero attached hydrogens (tertiary/aromatic N) is 1. The Morgan fingerprint density at radius 1 is 1.00 bits per heavy atom. The zero-order valence-electron chi connectivity index (χ0n) is 13.4. The van der Waals surface area contributed by atoms with Crippen LogP contribution in [0.15, 0.2) is 48.5 Å². The van der Waals surface area contributed by atoms with Crippen molar-refractivity contribution in [2.24, 2.45) is 0 Å². The highest BCUT2D eigenvalue weighted by molar-refractivity contribution is 5.94. The number of nitriles is 1. The Bertz CT molecular complexity index is 823. The predicted octanol–water partition coefficient (Wildman–Crippen LogP) is 3.49. The highest BCUT2D eigenvalue weighted by Crippen LogP contribution is 2.29. The van der Waals surface area contributed by atoms with E-state index in [9.17, 15) is 22.8 Å². The third-order valence-electron chi connectivity index (χ3n) is 3.40. The molecule has 0 aliphatic carbocycles. The predicted molar refractivity (Wildman–Crippen MR) is 87.9 cm³/mol. The summed E-state index contributed by atoms with van der Waals surface area (Å²) in [6, 6.07) is 12.3. The van der Waals surface area contributed by atoms with E-state index in [1.807, 2.05) is 0 Å². The fourth-order valence-corrected chi connectivity index (χ4v) is 2.08. The van der Waals surface area contributed by atoms with Crippen LogP contribution in [0, 0.1) is 11.3 Å². The van der Waals surface area contributed by atoms with Crippen LogP contribution in [0.4, 0.5) is 18.9 Å². The Hall–Kier alpha value is -3.34. The Labute approximate surface area is 147 Å². The van der Waals surface area contributed by atoms with Gasteiger partial charge < -0.3 is 10.6 Å². The van der Waals surface area contributed by atoms with E-state index in [0.29, 0.717) is 5.69 Å². The van der Waals surface area contributed by atoms with Gasteiger partial charge in [0, 0.05) is 17.8 Å². The van der Waals surface area contributed by atoms with Crippen molar-refractivity contribution in [1.82, 2.24) is 5.32 Å². The first-order valence-electron chi connectivity index (χ1n) is 7.51. The summed E-state index contributed by atoms with van der Waals surface area (Å²) in [5, 5.41) is 13.6. The van der Waals surface area contributed by atoms with Crippen molar-refractivity contribution in [1.29, 1.82) is 5.26 Å². The molecule has 0 aromatic heterocycles. The summed E-state index contributed by atoms with van der Waals surface area (Å²) in [5.74, 6) is -0.916. The average Bonchev–Trinajstić information content (AvgIpc) is 2.60. The maximum absolute atomic E-state index is 12.5. The van der Waals surface area contributed by atoms with E-state index in [4.69, 9.17) is 5.26 Å². The first kappa shape index (κ1) is 19.0. The van der Waals surface area contributed by atoms with E-state index in [0.717, 1.165) is 29.8 Å². The van der Waals surface area contributed by atoms with Gasteiger partial charge >= 0.3 is 6.18 Å². The summed E-state index contributed by atoms with van der Waals surface area (Å²) < 4.78 is 37.5. The molecule has 26 heavy (non-hydrogen) atoms. The molecule has 2 rings (SSSR count). The average molecular weight is 361 g/mol. The van der Waals surface area contributed by atoms with Gasteiger partial charge in [-0.05, 0) is 42.0 Å². The smallest absolute Gasteiger partial charge is 0.348 e. The molecule has 0 unspecified atom stereocenters. The molecule has 0 fully saturated rings. The summed E-state index contributed by atoms with van der Waals surface area (Å²) in [6.45, 7) is 0.173. The molecule has 0 atom stereocenters. The number of hydrogen-bond acceptors (Lipinski definition) is 3. The third-order valence-corrected chi connectivity index (χ3v) is 3.40. The number of carbonyl (C=O) groups excluding carboxylic acids is 2. The SMILES string of the molecule is N#CCC(=O)Nc1ccc(CNC(=O)c2ccc(C(F)(F)F)cc2)cc1. The van der Waals surface area contributed by atoms with Crippen LogP contribution in [-0.4, -0.2) is 11.8 Å². The molecule has 0 radical (unpaired) electrons. The molecule has 0 saturated carbocycles. The second-order valence-corrected chi connectivity index (χ2v) is 5.34. The molecule has 0 spiro atoms. The van der Waals surface area contributed by atoms with Crippen molar-refractivity contribution in [3.8, 4) is 6.07 Å². The van der Waals surface area contributed by atoms with E-state index < -0.39 is 23.6 Å². The molecule has 0 aliphatic heterocycles. The quantitative estimate of drug-likeness (QED) is 0.855. The molecule has 0 aliphatic rings. The first-order valence-corrected chi connectivity index (χ1v) is 7.51. The lowest BCUT2D eigenvalue weighted by molar-refractivity contribution is -0.137. The molecular formula is C18H14F3N3O2. The van der Waals surface area contributed by atoms with Crippen molar-refractivity contribution < 1.29 is 22.8 Å². The Balaban J connectivity index is 1.91. The van der Waals surface area contributed by atoms with Crippen molar-refractivity contribution in [3.05, 3.63) is 65.2 Å². The lowest BCUT2D eigenvalue weighted by atomic mass is 10.1. The summed E-state index contributed by atoms with van der Waals surface area (Å²) in [4.78, 5) is 23.3. The van der Waals surface area contributed by atoms with Crippen LogP contribution < -0.4 is 10.6 Å². The van der Waals surface area contributed by atoms with Crippen LogP contribution in [0.3, 0.4) is 0 Å². The van der Waals surface area contributed by atoms with Crippen molar-refractivity contribution in [3.63, 3.8) is 0 Å². The van der Waals surface area contributed by atoms with E-state index in [2.05, 4.69) is 10.6 Å². The third kappa shape index (κ3) is 5.34. The molecule has 0 saturated heterocycles. The van der Waals surface area contributed by atoms with Crippen LogP contribution >= 0.6 is 0 Å². The van der Waals surface area contributed by atoms with Crippen molar-refractivity contribution >= 4 is 17.5 Å². The van der Waals surface area contributed by atoms with Crippen molar-refractivity contribution in [2.75, 3.05) is 5.32 Å². The molecular weight excluding hydrogens is 347 g/mol. The van der Waals surface area contributed by atoms with Gasteiger partial charge in [0.05, 0.1) is 11.6 Å². The number of carbonyl (C=O) groups is 2. The molecule has 0 bridgehead atoms. The number of halogens is 3. The van der Waals surface area contributed by atoms with Gasteiger partial charge in [-0.3, -0.25) is 9.59 Å². The maximum Gasteiger partial charge on any atom is 0.416 e. The van der Waals surface area contributed by atoms with Gasteiger partial charge in [-0.25, -0.2) is 0 Å². The zero-order valence-corrected chi connectivity index (χ0v) is 13.4. The van der Waals surface area contributed by atoms with E-state index in [1.54, 1.807) is 30.3 Å². The van der Waals surface area contributed by atoms with Gasteiger partial charge in [0.15, 0.2) is 0 Å². The van der Waals surface area contributed by atoms with Gasteiger partial charge in [-0.1, -0.05) is 12.1 Å². The largest absolute Gasteiger partial charge is 0.416 e. The fraction of sp³-hybridized carbons (Fsp3) is 0.167. The summed E-state index contributed by atoms with van der Waals surface area (Å²) >= 11 is 0. The molecule has 2 N–H and O–H groups in total. The minimum absolute atomic E-state index is 0.124. The van der Waals surface area contributed by atoms with Crippen LogP contribution in [0.1, 0.15) is 27.9 Å². The molecule has 0 heterocycles. The fourth-order valence-electron chi connectivity index (χ4n) is 2.08. The lowest BCUT2D eigenvalue weighted by Gasteiger charge is -2.09. The molecule has 5 nitrogen and oxygen atoms in total. The Morgan fingerprint density at radius 3 is 2.15 bits per heavy atom. The van der Waals surface area contributed by atoms with Crippen LogP contribution in [0.2, 0.25) is 0 Å². The molecule has 134 valence electrons. The number of amides is 2. The normalized spacial score (nSPS) is 10.7. The lowest BCUT2D eigenvalue weighted by Crippen LogP contribution is -2.23. The molecule has 2 aromatic carbocycles. The monoisotopic (exact) mass is 361 g/mol. The van der Waals surface area contributed by atoms with E-state index in [1.165, 1.54) is 0 Å². The van der Waals surface area contributed by atoms with Crippen molar-refractivity contribution in [2.45, 2.75) is 19.1 Å². The van der Waals surface area contributed by atoms with Crippen LogP contribution in [0.25, 0.3) is 0 Å². The highest BCUT2D eigenvalue weighted by Gasteiger charge is 2.30. The number of nitrogens with one attached hydrogen (secondary N) is 2. The van der Waals surface area contributed by atoms with E-state index in [-0.39, 0.29) is 18.5 Å². The molecule has 2 amide bonds. The Morgan fingerprint density at radius 2 is 1.62 bits per heavy atom. The topological polar surface area (TPSA) is 82.0 Å². The maximum atomic E-state index is 12.5. The number of benzene rings is 2. The standard InChI is InChI=1S/C18H14F3N3O2/c19-18(20,21)14-5-3-13(4-6-14)17(26)23-11-12-1-7-15(8-2-12)24-16(25)9-10-22/h1-8H,9,11H2,(H,23,26)(H,24,25). The molecule has 8 heteroatoms. The van der Waals surface area contributed by atoms with Crippen LogP contribution in [0.5, 0.6) is 0 Å². The number of alkyl halides is 3. The minimum atomic E-state index is -4.45. The van der Waals surface area contributed by atoms with Gasteiger partial charge in [0.1, 0.15) is 6.42 Å². The highest BCUT2D eigenvalue weighted by atomic mass is 19.4. The number of hydrogen-bond donors (Lipinski definition) is 2. The van der Waals surface area contributed by atoms with E-state index >= 15 is 0 Å². The zero-order chi connectivity index (χ0) is 19.2. The van der Waals surface area contributed by atoms with Gasteiger partial charge in [0.2, 0.25) is 5.91 Å². The molecule has 2 aromatic rings. The first-order chi connectivity index (χ1) is 12.3. The van der Waals surface area contributed by atoms with Crippen LogP contribution in [-0.2, 0) is 17.5 Å². The number of rotatable bonds is 5. The second kappa shape index (κ2) is 8.16. The summed E-state index contributed by atoms with van der Waals surface area (Å²) in [7, 11) is 0. The number of anilines is 1. The van der Waals surface area contributed by atoms with Gasteiger partial charge in [-0.2, -0.15) is 18.4 Å². The van der Waals surface area contributed by atoms with Gasteiger partial charge in [-0.15, -0.1) is 0 Å². The second-order valence-electron chi connectivity index (χ2n) is 5.34. The Kier molecular flexibility index (Phi) is 5.96. The summed E-state index contributed by atoms with van der Waals surface area (Å²) in [6.07, 6.45) is -4.69. The summed E-state index contributed by atoms with van der Waals surface area (Å²) in [5.41, 5.74) is 0.563. The minimum Gasteiger partial charge on any atom is -0.348 e. The van der Waals surface area contributed by atoms with Gasteiger partial charge in [0.25, 0.3) is 5.91 Å².